The highest BCUT2D eigenvalue weighted by atomic mass is 16.2. The van der Waals surface area contributed by atoms with Crippen molar-refractivity contribution in [1.82, 2.24) is 15.1 Å². The van der Waals surface area contributed by atoms with E-state index in [4.69, 9.17) is 0 Å². The van der Waals surface area contributed by atoms with Crippen LogP contribution >= 0.6 is 0 Å². The van der Waals surface area contributed by atoms with Gasteiger partial charge in [0.15, 0.2) is 0 Å². The molecule has 5 nitrogen and oxygen atoms in total. The van der Waals surface area contributed by atoms with Crippen LogP contribution in [-0.2, 0) is 17.8 Å². The predicted molar refractivity (Wildman–Crippen MR) is 100 cm³/mol. The van der Waals surface area contributed by atoms with Crippen LogP contribution in [0.4, 0.5) is 4.79 Å². The maximum Gasteiger partial charge on any atom is 0.326 e. The zero-order chi connectivity index (χ0) is 18.5. The number of nitrogens with one attached hydrogen (secondary N) is 1. The van der Waals surface area contributed by atoms with Crippen molar-refractivity contribution >= 4 is 11.9 Å². The van der Waals surface area contributed by atoms with Gasteiger partial charge in [0.2, 0.25) is 0 Å². The molecule has 0 radical (unpaired) electrons. The SMILES string of the molecule is C[C@H]1CC(C)(C)C[C@@]2(C1)NC(=O)N(CN1CCc3ccccc3C1)C2=O. The number of rotatable bonds is 2. The van der Waals surface area contributed by atoms with Crippen molar-refractivity contribution in [2.24, 2.45) is 11.3 Å². The monoisotopic (exact) mass is 355 g/mol. The molecule has 3 aliphatic rings. The Labute approximate surface area is 155 Å². The van der Waals surface area contributed by atoms with Gasteiger partial charge >= 0.3 is 6.03 Å². The highest BCUT2D eigenvalue weighted by Gasteiger charge is 2.56. The highest BCUT2D eigenvalue weighted by Crippen LogP contribution is 2.46. The molecule has 1 aromatic rings. The topological polar surface area (TPSA) is 52.7 Å². The van der Waals surface area contributed by atoms with Gasteiger partial charge < -0.3 is 5.32 Å². The first-order valence-electron chi connectivity index (χ1n) is 9.71. The molecule has 140 valence electrons. The van der Waals surface area contributed by atoms with E-state index in [1.807, 2.05) is 0 Å². The second-order valence-corrected chi connectivity index (χ2v) is 9.31. The van der Waals surface area contributed by atoms with Gasteiger partial charge in [0.05, 0.1) is 6.67 Å². The van der Waals surface area contributed by atoms with Crippen LogP contribution in [0.5, 0.6) is 0 Å². The molecule has 5 heteroatoms. The minimum Gasteiger partial charge on any atom is -0.323 e. The van der Waals surface area contributed by atoms with E-state index >= 15 is 0 Å². The zero-order valence-electron chi connectivity index (χ0n) is 16.0. The van der Waals surface area contributed by atoms with Crippen LogP contribution in [-0.4, -0.2) is 40.5 Å². The summed E-state index contributed by atoms with van der Waals surface area (Å²) >= 11 is 0. The molecular formula is C21H29N3O2. The summed E-state index contributed by atoms with van der Waals surface area (Å²) in [5.74, 6) is 0.408. The van der Waals surface area contributed by atoms with Gasteiger partial charge in [-0.05, 0) is 48.1 Å². The molecule has 1 saturated carbocycles. The Hall–Kier alpha value is -1.88. The molecule has 1 N–H and O–H groups in total. The average Bonchev–Trinajstić information content (AvgIpc) is 2.76. The van der Waals surface area contributed by atoms with E-state index in [2.05, 4.69) is 55.3 Å². The molecule has 1 aliphatic carbocycles. The molecule has 1 aromatic carbocycles. The third-order valence-corrected chi connectivity index (χ3v) is 6.18. The first kappa shape index (κ1) is 17.5. The maximum atomic E-state index is 13.3. The average molecular weight is 355 g/mol. The number of fused-ring (bicyclic) bond motifs is 1. The number of hydrogen-bond donors (Lipinski definition) is 1. The summed E-state index contributed by atoms with van der Waals surface area (Å²) in [5.41, 5.74) is 2.04. The van der Waals surface area contributed by atoms with Crippen molar-refractivity contribution in [3.8, 4) is 0 Å². The van der Waals surface area contributed by atoms with Crippen LogP contribution in [0.3, 0.4) is 0 Å². The summed E-state index contributed by atoms with van der Waals surface area (Å²) in [5, 5.41) is 3.07. The van der Waals surface area contributed by atoms with E-state index in [0.29, 0.717) is 12.6 Å². The van der Waals surface area contributed by atoms with Gasteiger partial charge in [-0.2, -0.15) is 0 Å². The fourth-order valence-electron chi connectivity index (χ4n) is 5.51. The number of imide groups is 1. The minimum atomic E-state index is -0.702. The Balaban J connectivity index is 1.50. The normalized spacial score (nSPS) is 31.2. The van der Waals surface area contributed by atoms with Crippen LogP contribution in [0.25, 0.3) is 0 Å². The van der Waals surface area contributed by atoms with Crippen LogP contribution in [0.1, 0.15) is 51.2 Å². The lowest BCUT2D eigenvalue weighted by Gasteiger charge is -2.44. The van der Waals surface area contributed by atoms with Crippen LogP contribution in [0, 0.1) is 11.3 Å². The summed E-state index contributed by atoms with van der Waals surface area (Å²) < 4.78 is 0. The summed E-state index contributed by atoms with van der Waals surface area (Å²) in [6.07, 6.45) is 3.55. The number of urea groups is 1. The first-order valence-corrected chi connectivity index (χ1v) is 9.71. The lowest BCUT2D eigenvalue weighted by Crippen LogP contribution is -2.54. The van der Waals surface area contributed by atoms with Crippen LogP contribution < -0.4 is 5.32 Å². The Morgan fingerprint density at radius 3 is 2.62 bits per heavy atom. The fraction of sp³-hybridized carbons (Fsp3) is 0.619. The summed E-state index contributed by atoms with van der Waals surface area (Å²) in [6.45, 7) is 8.65. The molecule has 1 spiro atoms. The summed E-state index contributed by atoms with van der Waals surface area (Å²) in [4.78, 5) is 29.6. The third kappa shape index (κ3) is 3.02. The Bertz CT molecular complexity index is 745. The van der Waals surface area contributed by atoms with E-state index < -0.39 is 5.54 Å². The molecule has 2 fully saturated rings. The molecule has 1 saturated heterocycles. The zero-order valence-corrected chi connectivity index (χ0v) is 16.0. The van der Waals surface area contributed by atoms with Gasteiger partial charge in [0, 0.05) is 13.1 Å². The molecule has 4 rings (SSSR count). The molecule has 0 aromatic heterocycles. The number of hydrogen-bond acceptors (Lipinski definition) is 3. The molecule has 2 aliphatic heterocycles. The molecule has 26 heavy (non-hydrogen) atoms. The number of amides is 3. The molecular weight excluding hydrogens is 326 g/mol. The largest absolute Gasteiger partial charge is 0.326 e. The quantitative estimate of drug-likeness (QED) is 0.829. The maximum absolute atomic E-state index is 13.3. The van der Waals surface area contributed by atoms with E-state index in [-0.39, 0.29) is 17.4 Å². The smallest absolute Gasteiger partial charge is 0.323 e. The van der Waals surface area contributed by atoms with Crippen molar-refractivity contribution in [3.63, 3.8) is 0 Å². The molecule has 2 atom stereocenters. The predicted octanol–water partition coefficient (Wildman–Crippen LogP) is 3.14. The minimum absolute atomic E-state index is 0.0269. The second kappa shape index (κ2) is 6.08. The van der Waals surface area contributed by atoms with Crippen molar-refractivity contribution in [2.75, 3.05) is 13.2 Å². The second-order valence-electron chi connectivity index (χ2n) is 9.31. The lowest BCUT2D eigenvalue weighted by atomic mass is 9.64. The number of carbonyl (C=O) groups excluding carboxylic acids is 2. The van der Waals surface area contributed by atoms with E-state index in [1.54, 1.807) is 0 Å². The molecule has 2 heterocycles. The van der Waals surface area contributed by atoms with Crippen LogP contribution in [0.15, 0.2) is 24.3 Å². The fourth-order valence-corrected chi connectivity index (χ4v) is 5.51. The Morgan fingerprint density at radius 2 is 1.88 bits per heavy atom. The molecule has 0 unspecified atom stereocenters. The Kier molecular flexibility index (Phi) is 4.10. The van der Waals surface area contributed by atoms with Crippen molar-refractivity contribution in [1.29, 1.82) is 0 Å². The summed E-state index contributed by atoms with van der Waals surface area (Å²) in [7, 11) is 0. The lowest BCUT2D eigenvalue weighted by molar-refractivity contribution is -0.136. The number of carbonyl (C=O) groups is 2. The summed E-state index contributed by atoms with van der Waals surface area (Å²) in [6, 6.07) is 8.21. The van der Waals surface area contributed by atoms with Gasteiger partial charge in [-0.15, -0.1) is 0 Å². The standard InChI is InChI=1S/C21H29N3O2/c1-15-10-20(2,3)13-21(11-15)18(25)24(19(26)22-21)14-23-9-8-16-6-4-5-7-17(16)12-23/h4-7,15H,8-14H2,1-3H3,(H,22,26)/t15-,21+/m0/s1. The number of benzene rings is 1. The third-order valence-electron chi connectivity index (χ3n) is 6.18. The van der Waals surface area contributed by atoms with Crippen molar-refractivity contribution < 1.29 is 9.59 Å². The Morgan fingerprint density at radius 1 is 1.15 bits per heavy atom. The molecule has 0 bridgehead atoms. The molecule has 3 amide bonds. The highest BCUT2D eigenvalue weighted by molar-refractivity contribution is 6.07. The number of nitrogens with zero attached hydrogens (tertiary/aromatic N) is 2. The van der Waals surface area contributed by atoms with Crippen LogP contribution in [0.2, 0.25) is 0 Å². The van der Waals surface area contributed by atoms with Crippen molar-refractivity contribution in [3.05, 3.63) is 35.4 Å². The van der Waals surface area contributed by atoms with Gasteiger partial charge in [-0.1, -0.05) is 45.0 Å². The van der Waals surface area contributed by atoms with E-state index in [9.17, 15) is 9.59 Å². The first-order chi connectivity index (χ1) is 12.3. The van der Waals surface area contributed by atoms with E-state index in [1.165, 1.54) is 16.0 Å². The van der Waals surface area contributed by atoms with Crippen molar-refractivity contribution in [2.45, 2.75) is 58.5 Å². The van der Waals surface area contributed by atoms with Gasteiger partial charge in [0.25, 0.3) is 5.91 Å². The van der Waals surface area contributed by atoms with Gasteiger partial charge in [-0.25, -0.2) is 9.69 Å². The van der Waals surface area contributed by atoms with E-state index in [0.717, 1.165) is 38.8 Å². The van der Waals surface area contributed by atoms with Gasteiger partial charge in [-0.3, -0.25) is 9.69 Å². The van der Waals surface area contributed by atoms with Gasteiger partial charge in [0.1, 0.15) is 5.54 Å².